The summed E-state index contributed by atoms with van der Waals surface area (Å²) >= 11 is 0. The van der Waals surface area contributed by atoms with Gasteiger partial charge in [0.05, 0.1) is 19.3 Å². The third-order valence-corrected chi connectivity index (χ3v) is 7.60. The third-order valence-electron chi connectivity index (χ3n) is 3.79. The fraction of sp³-hybridized carbons (Fsp3) is 0.500. The maximum absolute atomic E-state index is 11.8. The quantitative estimate of drug-likeness (QED) is 0.124. The summed E-state index contributed by atoms with van der Waals surface area (Å²) in [5, 5.41) is 20.3. The van der Waals surface area contributed by atoms with Gasteiger partial charge in [-0.3, -0.25) is 13.9 Å². The summed E-state index contributed by atoms with van der Waals surface area (Å²) in [4.78, 5) is 57.2. The summed E-state index contributed by atoms with van der Waals surface area (Å²) in [6, 6.07) is 0. The second kappa shape index (κ2) is 10.1. The zero-order valence-corrected chi connectivity index (χ0v) is 20.5. The summed E-state index contributed by atoms with van der Waals surface area (Å²) in [5.74, 6) is 0. The maximum atomic E-state index is 11.8. The molecule has 1 fully saturated rings. The number of H-pyrrole nitrogens is 1. The van der Waals surface area contributed by atoms with Crippen LogP contribution in [0.25, 0.3) is 11.2 Å². The van der Waals surface area contributed by atoms with E-state index < -0.39 is 60.2 Å². The number of phosphoric ester groups is 1. The Kier molecular flexibility index (Phi) is 8.80. The van der Waals surface area contributed by atoms with Crippen LogP contribution in [0.3, 0.4) is 0 Å². The molecule has 7 N–H and O–H groups in total. The van der Waals surface area contributed by atoms with E-state index in [0.29, 0.717) is 0 Å². The van der Waals surface area contributed by atoms with Crippen molar-refractivity contribution >= 4 is 34.6 Å². The van der Waals surface area contributed by atoms with E-state index in [1.54, 1.807) is 0 Å². The number of aromatic nitrogens is 4. The summed E-state index contributed by atoms with van der Waals surface area (Å²) in [6.45, 7) is -0.987. The van der Waals surface area contributed by atoms with Crippen LogP contribution in [0.15, 0.2) is 17.4 Å². The molecule has 1 aliphatic rings. The van der Waals surface area contributed by atoms with E-state index in [1.807, 2.05) is 0 Å². The molecule has 2 aromatic rings. The van der Waals surface area contributed by atoms with Gasteiger partial charge in [0.25, 0.3) is 5.56 Å². The van der Waals surface area contributed by atoms with Gasteiger partial charge in [0.1, 0.15) is 18.3 Å². The average Bonchev–Trinajstić information content (AvgIpc) is 3.13. The standard InChI is InChI=1S/C10H15N4O14P3.Na.H/c15-6-4(1-25-30(21,22)28-31(23,24)27-29(18,19)20)26-10(7(6)16)14-3-13-5-8(14)11-2-12-9(5)17;;/h2-4,6-7,10,15-16H,1H2,(H,21,22)(H,23,24)(H,11,12,17)(H2,18,19,20);;/q;+1;-1. The number of imidazole rings is 1. The van der Waals surface area contributed by atoms with Crippen molar-refractivity contribution in [3.63, 3.8) is 0 Å². The van der Waals surface area contributed by atoms with Crippen LogP contribution in [0.1, 0.15) is 7.65 Å². The van der Waals surface area contributed by atoms with Crippen molar-refractivity contribution in [2.45, 2.75) is 24.5 Å². The van der Waals surface area contributed by atoms with E-state index in [9.17, 15) is 33.6 Å². The smallest absolute Gasteiger partial charge is 1.00 e. The van der Waals surface area contributed by atoms with E-state index in [2.05, 4.69) is 28.1 Å². The summed E-state index contributed by atoms with van der Waals surface area (Å²) in [6.07, 6.45) is -4.05. The number of hydrogen-bond acceptors (Lipinski definition) is 12. The minimum atomic E-state index is -5.72. The number of aromatic amines is 1. The van der Waals surface area contributed by atoms with Gasteiger partial charge < -0.3 is 40.9 Å². The van der Waals surface area contributed by atoms with Crippen LogP contribution in [0.2, 0.25) is 0 Å². The average molecular weight is 532 g/mol. The normalized spacial score (nSPS) is 27.6. The molecular weight excluding hydrogens is 516 g/mol. The fourth-order valence-corrected chi connectivity index (χ4v) is 5.65. The number of hydrogen-bond donors (Lipinski definition) is 7. The number of fused-ring (bicyclic) bond motifs is 1. The molecule has 3 rings (SSSR count). The minimum absolute atomic E-state index is 0. The zero-order valence-electron chi connectivity index (χ0n) is 16.8. The van der Waals surface area contributed by atoms with Crippen molar-refractivity contribution < 1.29 is 92.3 Å². The zero-order chi connectivity index (χ0) is 23.2. The number of nitrogens with one attached hydrogen (secondary N) is 1. The molecule has 1 aliphatic heterocycles. The van der Waals surface area contributed by atoms with Gasteiger partial charge in [0, 0.05) is 0 Å². The van der Waals surface area contributed by atoms with E-state index in [4.69, 9.17) is 19.4 Å². The van der Waals surface area contributed by atoms with Gasteiger partial charge in [-0.25, -0.2) is 23.7 Å². The molecule has 32 heavy (non-hydrogen) atoms. The van der Waals surface area contributed by atoms with Crippen LogP contribution in [0, 0.1) is 0 Å². The first-order chi connectivity index (χ1) is 14.2. The molecule has 18 nitrogen and oxygen atoms in total. The van der Waals surface area contributed by atoms with Gasteiger partial charge in [0.15, 0.2) is 17.4 Å². The molecule has 3 heterocycles. The molecule has 6 atom stereocenters. The number of ether oxygens (including phenoxy) is 1. The van der Waals surface area contributed by atoms with Crippen molar-refractivity contribution in [3.8, 4) is 0 Å². The van der Waals surface area contributed by atoms with E-state index in [-0.39, 0.29) is 42.1 Å². The Labute approximate surface area is 200 Å². The van der Waals surface area contributed by atoms with Crippen LogP contribution in [0.5, 0.6) is 0 Å². The second-order valence-electron chi connectivity index (χ2n) is 5.99. The third kappa shape index (κ3) is 6.61. The first-order valence-corrected chi connectivity index (χ1v) is 12.4. The summed E-state index contributed by atoms with van der Waals surface area (Å²) in [7, 11) is -16.7. The van der Waals surface area contributed by atoms with Gasteiger partial charge in [-0.05, 0) is 0 Å². The van der Waals surface area contributed by atoms with Crippen LogP contribution >= 0.6 is 23.5 Å². The Morgan fingerprint density at radius 2 is 1.75 bits per heavy atom. The number of nitrogens with zero attached hydrogens (tertiary/aromatic N) is 3. The summed E-state index contributed by atoms with van der Waals surface area (Å²) in [5.41, 5.74) is -0.681. The first kappa shape index (κ1) is 27.9. The number of phosphoric acid groups is 3. The molecule has 0 radical (unpaired) electrons. The van der Waals surface area contributed by atoms with Crippen molar-refractivity contribution in [2.24, 2.45) is 0 Å². The molecule has 0 amide bonds. The monoisotopic (exact) mass is 532 g/mol. The molecule has 22 heteroatoms. The first-order valence-electron chi connectivity index (χ1n) is 7.89. The van der Waals surface area contributed by atoms with Gasteiger partial charge in [-0.1, -0.05) is 0 Å². The molecule has 0 aliphatic carbocycles. The van der Waals surface area contributed by atoms with Gasteiger partial charge in [-0.15, -0.1) is 0 Å². The van der Waals surface area contributed by atoms with Crippen LogP contribution in [-0.4, -0.2) is 74.2 Å². The molecule has 2 aromatic heterocycles. The predicted molar refractivity (Wildman–Crippen MR) is 95.0 cm³/mol. The van der Waals surface area contributed by atoms with E-state index >= 15 is 0 Å². The topological polar surface area (TPSA) is 273 Å². The molecule has 176 valence electrons. The Morgan fingerprint density at radius 1 is 1.09 bits per heavy atom. The number of aliphatic hydroxyl groups excluding tert-OH is 2. The number of aliphatic hydroxyl groups is 2. The molecule has 0 aromatic carbocycles. The largest absolute Gasteiger partial charge is 1.00 e. The van der Waals surface area contributed by atoms with Crippen LogP contribution in [0.4, 0.5) is 0 Å². The Bertz CT molecular complexity index is 1170. The second-order valence-corrected chi connectivity index (χ2v) is 10.4. The van der Waals surface area contributed by atoms with Crippen molar-refractivity contribution in [3.05, 3.63) is 23.0 Å². The van der Waals surface area contributed by atoms with E-state index in [0.717, 1.165) is 17.2 Å². The van der Waals surface area contributed by atoms with Crippen molar-refractivity contribution in [1.82, 2.24) is 19.5 Å². The van der Waals surface area contributed by atoms with Crippen LogP contribution < -0.4 is 35.1 Å². The SMILES string of the molecule is O=c1[nH]cnc2c1ncn2C1OC(COP(=O)(O)OP(=O)(O)OP(=O)(O)O)C(O)C1O.[H-].[Na+]. The molecule has 0 bridgehead atoms. The Morgan fingerprint density at radius 3 is 2.38 bits per heavy atom. The molecular formula is C10H16N4NaO14P3. The predicted octanol–water partition coefficient (Wildman–Crippen LogP) is -4.80. The number of rotatable bonds is 8. The van der Waals surface area contributed by atoms with Gasteiger partial charge >= 0.3 is 53.0 Å². The maximum Gasteiger partial charge on any atom is 1.00 e. The molecule has 6 unspecified atom stereocenters. The van der Waals surface area contributed by atoms with Gasteiger partial charge in [0.2, 0.25) is 0 Å². The Balaban J connectivity index is 0.00000272. The fourth-order valence-electron chi connectivity index (χ4n) is 2.62. The van der Waals surface area contributed by atoms with E-state index in [1.165, 1.54) is 0 Å². The van der Waals surface area contributed by atoms with Crippen molar-refractivity contribution in [2.75, 3.05) is 6.61 Å². The molecule has 0 saturated carbocycles. The van der Waals surface area contributed by atoms with Crippen LogP contribution in [-0.2, 0) is 31.6 Å². The summed E-state index contributed by atoms with van der Waals surface area (Å²) < 4.78 is 51.6. The van der Waals surface area contributed by atoms with Crippen molar-refractivity contribution in [1.29, 1.82) is 0 Å². The Hall–Kier alpha value is -0.360. The minimum Gasteiger partial charge on any atom is -1.00 e. The van der Waals surface area contributed by atoms with Gasteiger partial charge in [-0.2, -0.15) is 8.62 Å². The molecule has 0 spiro atoms. The molecule has 1 saturated heterocycles.